The van der Waals surface area contributed by atoms with Crippen LogP contribution in [0.5, 0.6) is 11.8 Å². The molecule has 0 saturated carbocycles. The zero-order chi connectivity index (χ0) is 13.1. The molecule has 94 valence electrons. The fourth-order valence-electron chi connectivity index (χ4n) is 1.32. The van der Waals surface area contributed by atoms with Gasteiger partial charge >= 0.3 is 6.01 Å². The molecule has 0 bridgehead atoms. The van der Waals surface area contributed by atoms with E-state index in [0.29, 0.717) is 11.3 Å². The Morgan fingerprint density at radius 2 is 2.22 bits per heavy atom. The molecule has 2 aromatic rings. The number of benzene rings is 1. The Bertz CT molecular complexity index is 578. The van der Waals surface area contributed by atoms with Crippen molar-refractivity contribution in [1.29, 1.82) is 0 Å². The number of aliphatic hydroxyl groups is 1. The molecule has 4 nitrogen and oxygen atoms in total. The molecule has 6 heteroatoms. The lowest BCUT2D eigenvalue weighted by molar-refractivity contribution is 0.279. The van der Waals surface area contributed by atoms with E-state index in [1.54, 1.807) is 6.92 Å². The van der Waals surface area contributed by atoms with Crippen LogP contribution in [0.15, 0.2) is 24.4 Å². The smallest absolute Gasteiger partial charge is 0.322 e. The standard InChI is InChI=1S/C12H10ClFN2O2/c1-7-8(6-17)5-15-12(16-7)18-9-2-3-10(13)11(14)4-9/h2-5,17H,6H2,1H3. The number of aliphatic hydroxyl groups excluding tert-OH is 1. The van der Waals surface area contributed by atoms with Gasteiger partial charge < -0.3 is 9.84 Å². The number of nitrogens with zero attached hydrogens (tertiary/aromatic N) is 2. The number of rotatable bonds is 3. The molecule has 0 spiro atoms. The highest BCUT2D eigenvalue weighted by molar-refractivity contribution is 6.30. The zero-order valence-corrected chi connectivity index (χ0v) is 10.3. The molecule has 0 fully saturated rings. The second-order valence-corrected chi connectivity index (χ2v) is 4.01. The number of halogens is 2. The van der Waals surface area contributed by atoms with Crippen molar-refractivity contribution in [3.63, 3.8) is 0 Å². The van der Waals surface area contributed by atoms with Gasteiger partial charge in [-0.15, -0.1) is 0 Å². The van der Waals surface area contributed by atoms with Crippen LogP contribution in [0.4, 0.5) is 4.39 Å². The Morgan fingerprint density at radius 1 is 1.44 bits per heavy atom. The molecule has 0 atom stereocenters. The van der Waals surface area contributed by atoms with Crippen LogP contribution in [0.2, 0.25) is 5.02 Å². The number of hydrogen-bond acceptors (Lipinski definition) is 4. The molecule has 1 heterocycles. The first-order valence-electron chi connectivity index (χ1n) is 5.16. The third-order valence-corrected chi connectivity index (χ3v) is 2.64. The summed E-state index contributed by atoms with van der Waals surface area (Å²) in [5, 5.41) is 9.00. The summed E-state index contributed by atoms with van der Waals surface area (Å²) in [6, 6.07) is 4.15. The monoisotopic (exact) mass is 268 g/mol. The summed E-state index contributed by atoms with van der Waals surface area (Å²) in [6.45, 7) is 1.59. The molecule has 0 aliphatic carbocycles. The Hall–Kier alpha value is -1.72. The number of aromatic nitrogens is 2. The zero-order valence-electron chi connectivity index (χ0n) is 9.52. The topological polar surface area (TPSA) is 55.2 Å². The largest absolute Gasteiger partial charge is 0.424 e. The van der Waals surface area contributed by atoms with E-state index in [9.17, 15) is 4.39 Å². The highest BCUT2D eigenvalue weighted by Crippen LogP contribution is 2.23. The minimum Gasteiger partial charge on any atom is -0.424 e. The van der Waals surface area contributed by atoms with Gasteiger partial charge in [0.05, 0.1) is 17.3 Å². The average Bonchev–Trinajstić information content (AvgIpc) is 2.34. The van der Waals surface area contributed by atoms with Gasteiger partial charge in [0.2, 0.25) is 0 Å². The van der Waals surface area contributed by atoms with E-state index in [0.717, 1.165) is 6.07 Å². The Labute approximate surface area is 108 Å². The van der Waals surface area contributed by atoms with E-state index in [4.69, 9.17) is 21.4 Å². The Morgan fingerprint density at radius 3 is 2.83 bits per heavy atom. The van der Waals surface area contributed by atoms with E-state index < -0.39 is 5.82 Å². The third kappa shape index (κ3) is 2.75. The van der Waals surface area contributed by atoms with E-state index >= 15 is 0 Å². The highest BCUT2D eigenvalue weighted by Gasteiger charge is 2.07. The lowest BCUT2D eigenvalue weighted by Gasteiger charge is -2.06. The van der Waals surface area contributed by atoms with E-state index in [1.165, 1.54) is 18.3 Å². The predicted octanol–water partition coefficient (Wildman–Crippen LogP) is 2.86. The second-order valence-electron chi connectivity index (χ2n) is 3.60. The molecular weight excluding hydrogens is 259 g/mol. The Kier molecular flexibility index (Phi) is 3.74. The van der Waals surface area contributed by atoms with Crippen LogP contribution in [0, 0.1) is 12.7 Å². The average molecular weight is 269 g/mol. The first-order valence-corrected chi connectivity index (χ1v) is 5.54. The maximum Gasteiger partial charge on any atom is 0.322 e. The summed E-state index contributed by atoms with van der Waals surface area (Å²) < 4.78 is 18.5. The van der Waals surface area contributed by atoms with Crippen LogP contribution in [0.1, 0.15) is 11.3 Å². The van der Waals surface area contributed by atoms with E-state index in [2.05, 4.69) is 9.97 Å². The summed E-state index contributed by atoms with van der Waals surface area (Å²) in [5.74, 6) is -0.314. The van der Waals surface area contributed by atoms with Gasteiger partial charge in [0.25, 0.3) is 0 Å². The van der Waals surface area contributed by atoms with Gasteiger partial charge in [-0.25, -0.2) is 9.37 Å². The van der Waals surface area contributed by atoms with Crippen molar-refractivity contribution in [2.75, 3.05) is 0 Å². The molecule has 0 saturated heterocycles. The molecule has 18 heavy (non-hydrogen) atoms. The van der Waals surface area contributed by atoms with Crippen molar-refractivity contribution >= 4 is 11.6 Å². The van der Waals surface area contributed by atoms with Crippen molar-refractivity contribution in [2.24, 2.45) is 0 Å². The van der Waals surface area contributed by atoms with Gasteiger partial charge in [0.1, 0.15) is 11.6 Å². The lowest BCUT2D eigenvalue weighted by atomic mass is 10.3. The van der Waals surface area contributed by atoms with Crippen molar-refractivity contribution < 1.29 is 14.2 Å². The number of hydrogen-bond donors (Lipinski definition) is 1. The minimum absolute atomic E-state index is 0.0232. The first-order chi connectivity index (χ1) is 8.60. The van der Waals surface area contributed by atoms with Gasteiger partial charge in [0.15, 0.2) is 0 Å². The van der Waals surface area contributed by atoms with Crippen LogP contribution in [0.3, 0.4) is 0 Å². The number of ether oxygens (including phenoxy) is 1. The summed E-state index contributed by atoms with van der Waals surface area (Å²) >= 11 is 5.56. The number of aryl methyl sites for hydroxylation is 1. The lowest BCUT2D eigenvalue weighted by Crippen LogP contribution is -1.98. The van der Waals surface area contributed by atoms with Crippen molar-refractivity contribution in [1.82, 2.24) is 9.97 Å². The van der Waals surface area contributed by atoms with Gasteiger partial charge in [-0.1, -0.05) is 11.6 Å². The van der Waals surface area contributed by atoms with Crippen LogP contribution in [-0.2, 0) is 6.61 Å². The van der Waals surface area contributed by atoms with Gasteiger partial charge in [-0.3, -0.25) is 0 Å². The highest BCUT2D eigenvalue weighted by atomic mass is 35.5. The molecule has 0 unspecified atom stereocenters. The third-order valence-electron chi connectivity index (χ3n) is 2.33. The maximum absolute atomic E-state index is 13.2. The summed E-state index contributed by atoms with van der Waals surface area (Å²) in [6.07, 6.45) is 1.46. The molecule has 1 N–H and O–H groups in total. The van der Waals surface area contributed by atoms with Crippen LogP contribution < -0.4 is 4.74 Å². The van der Waals surface area contributed by atoms with Gasteiger partial charge in [-0.05, 0) is 19.1 Å². The molecular formula is C12H10ClFN2O2. The molecule has 0 amide bonds. The SMILES string of the molecule is Cc1nc(Oc2ccc(Cl)c(F)c2)ncc1CO. The molecule has 0 radical (unpaired) electrons. The second kappa shape index (κ2) is 5.29. The van der Waals surface area contributed by atoms with Crippen LogP contribution in [0.25, 0.3) is 0 Å². The molecule has 0 aliphatic rings. The Balaban J connectivity index is 2.23. The molecule has 1 aromatic heterocycles. The normalized spacial score (nSPS) is 10.4. The molecule has 1 aromatic carbocycles. The fraction of sp³-hybridized carbons (Fsp3) is 0.167. The van der Waals surface area contributed by atoms with E-state index in [1.807, 2.05) is 0 Å². The van der Waals surface area contributed by atoms with Crippen molar-refractivity contribution in [3.05, 3.63) is 46.5 Å². The summed E-state index contributed by atoms with van der Waals surface area (Å²) in [4.78, 5) is 7.95. The molecule has 0 aliphatic heterocycles. The van der Waals surface area contributed by atoms with E-state index in [-0.39, 0.29) is 23.4 Å². The predicted molar refractivity (Wildman–Crippen MR) is 64.2 cm³/mol. The maximum atomic E-state index is 13.2. The summed E-state index contributed by atoms with van der Waals surface area (Å²) in [7, 11) is 0. The van der Waals surface area contributed by atoms with Gasteiger partial charge in [-0.2, -0.15) is 4.98 Å². The minimum atomic E-state index is -0.571. The van der Waals surface area contributed by atoms with Crippen molar-refractivity contribution in [2.45, 2.75) is 13.5 Å². The van der Waals surface area contributed by atoms with Crippen LogP contribution in [-0.4, -0.2) is 15.1 Å². The fourth-order valence-corrected chi connectivity index (χ4v) is 1.44. The quantitative estimate of drug-likeness (QED) is 0.930. The summed E-state index contributed by atoms with van der Waals surface area (Å²) in [5.41, 5.74) is 1.22. The van der Waals surface area contributed by atoms with Crippen LogP contribution >= 0.6 is 11.6 Å². The van der Waals surface area contributed by atoms with Gasteiger partial charge in [0, 0.05) is 17.8 Å². The van der Waals surface area contributed by atoms with Crippen molar-refractivity contribution in [3.8, 4) is 11.8 Å². The molecule has 2 rings (SSSR count). The first kappa shape index (κ1) is 12.7.